The third-order valence-electron chi connectivity index (χ3n) is 7.23. The molecule has 1 heterocycles. The zero-order valence-corrected chi connectivity index (χ0v) is 24.8. The normalized spacial score (nSPS) is 12.0. The van der Waals surface area contributed by atoms with Gasteiger partial charge in [-0.1, -0.05) is 53.1 Å². The van der Waals surface area contributed by atoms with Crippen LogP contribution in [0.25, 0.3) is 38.3 Å². The number of hydrogen-bond acceptors (Lipinski definition) is 12. The molecule has 0 saturated carbocycles. The molecule has 0 aliphatic rings. The van der Waals surface area contributed by atoms with Crippen molar-refractivity contribution in [2.75, 3.05) is 0 Å². The van der Waals surface area contributed by atoms with Crippen molar-refractivity contribution < 1.29 is 24.8 Å². The standard InChI is InChI=1S/C33H23N7O5S/c1-19-6-9-22(10-7-19)34-35-23-11-15-27(29(41)18-23)36-37-32-30(46-45-44-43)17-21-16-24(12-13-26(21)33(32)42)40-38-28-14-8-20-4-2-3-5-25(20)31(28)39-40/h2-18,41-43H,1H3. The number of phenolic OH excluding ortho intramolecular Hbond substituents is 2. The van der Waals surface area contributed by atoms with E-state index in [1.807, 2.05) is 67.6 Å². The highest BCUT2D eigenvalue weighted by Gasteiger charge is 2.17. The van der Waals surface area contributed by atoms with Crippen LogP contribution in [0, 0.1) is 6.92 Å². The summed E-state index contributed by atoms with van der Waals surface area (Å²) in [6.07, 6.45) is 0. The average molecular weight is 630 g/mol. The first-order valence-electron chi connectivity index (χ1n) is 13.9. The summed E-state index contributed by atoms with van der Waals surface area (Å²) in [5.74, 6) is -0.394. The number of fused-ring (bicyclic) bond motifs is 4. The second-order valence-corrected chi connectivity index (χ2v) is 11.0. The fraction of sp³-hybridized carbons (Fsp3) is 0.0303. The SMILES string of the molecule is Cc1ccc(N=Nc2ccc(N=Nc3c(SOOO)cc4cc(-n5nc6ccc7ccccc7c6n5)ccc4c3O)c(O)c2)cc1. The van der Waals surface area contributed by atoms with Crippen LogP contribution in [0.5, 0.6) is 11.5 Å². The van der Waals surface area contributed by atoms with Crippen LogP contribution in [-0.2, 0) is 9.37 Å². The Bertz CT molecular complexity index is 2310. The van der Waals surface area contributed by atoms with Gasteiger partial charge in [-0.3, -0.25) is 0 Å². The summed E-state index contributed by atoms with van der Waals surface area (Å²) in [6, 6.07) is 31.0. The van der Waals surface area contributed by atoms with Gasteiger partial charge in [0.1, 0.15) is 28.2 Å². The lowest BCUT2D eigenvalue weighted by atomic mass is 10.1. The molecule has 13 heteroatoms. The zero-order chi connectivity index (χ0) is 31.6. The van der Waals surface area contributed by atoms with Gasteiger partial charge >= 0.3 is 0 Å². The first-order chi connectivity index (χ1) is 22.5. The highest BCUT2D eigenvalue weighted by Crippen LogP contribution is 2.45. The van der Waals surface area contributed by atoms with Crippen LogP contribution >= 0.6 is 12.0 Å². The van der Waals surface area contributed by atoms with E-state index in [9.17, 15) is 10.2 Å². The lowest BCUT2D eigenvalue weighted by Crippen LogP contribution is -1.98. The quantitative estimate of drug-likeness (QED) is 0.0648. The highest BCUT2D eigenvalue weighted by atomic mass is 32.2. The summed E-state index contributed by atoms with van der Waals surface area (Å²) in [7, 11) is 0. The second kappa shape index (κ2) is 12.3. The molecule has 7 rings (SSSR count). The van der Waals surface area contributed by atoms with Gasteiger partial charge in [0, 0.05) is 16.8 Å². The van der Waals surface area contributed by atoms with Crippen molar-refractivity contribution in [2.45, 2.75) is 11.8 Å². The van der Waals surface area contributed by atoms with E-state index in [2.05, 4.69) is 34.9 Å². The number of azo groups is 2. The Hall–Kier alpha value is -5.73. The van der Waals surface area contributed by atoms with Gasteiger partial charge in [-0.05, 0) is 72.3 Å². The molecule has 0 aliphatic heterocycles. The van der Waals surface area contributed by atoms with Crippen molar-refractivity contribution in [3.8, 4) is 17.2 Å². The van der Waals surface area contributed by atoms with Crippen LogP contribution in [-0.4, -0.2) is 30.5 Å². The maximum absolute atomic E-state index is 11.3. The predicted octanol–water partition coefficient (Wildman–Crippen LogP) is 9.71. The van der Waals surface area contributed by atoms with Gasteiger partial charge in [-0.15, -0.1) is 24.8 Å². The molecule has 0 atom stereocenters. The number of benzene rings is 6. The lowest BCUT2D eigenvalue weighted by Gasteiger charge is -2.10. The smallest absolute Gasteiger partial charge is 0.152 e. The van der Waals surface area contributed by atoms with E-state index in [-0.39, 0.29) is 27.8 Å². The molecule has 7 aromatic rings. The third-order valence-corrected chi connectivity index (χ3v) is 7.85. The molecule has 0 aliphatic carbocycles. The van der Waals surface area contributed by atoms with Gasteiger partial charge in [0.05, 0.1) is 34.0 Å². The van der Waals surface area contributed by atoms with Crippen molar-refractivity contribution in [3.05, 3.63) is 109 Å². The minimum absolute atomic E-state index is 0.0271. The minimum Gasteiger partial charge on any atom is -0.506 e. The maximum Gasteiger partial charge on any atom is 0.152 e. The number of hydrogen-bond donors (Lipinski definition) is 3. The van der Waals surface area contributed by atoms with Crippen LogP contribution in [0.1, 0.15) is 5.56 Å². The van der Waals surface area contributed by atoms with E-state index in [4.69, 9.17) is 10.4 Å². The van der Waals surface area contributed by atoms with Gasteiger partial charge in [0.15, 0.2) is 5.75 Å². The van der Waals surface area contributed by atoms with Crippen LogP contribution in [0.3, 0.4) is 0 Å². The fourth-order valence-corrected chi connectivity index (χ4v) is 5.42. The molecule has 0 fully saturated rings. The molecule has 0 unspecified atom stereocenters. The van der Waals surface area contributed by atoms with Crippen molar-refractivity contribution in [3.63, 3.8) is 0 Å². The number of phenols is 2. The monoisotopic (exact) mass is 629 g/mol. The van der Waals surface area contributed by atoms with E-state index < -0.39 is 0 Å². The summed E-state index contributed by atoms with van der Waals surface area (Å²) < 4.78 is 4.68. The molecule has 0 spiro atoms. The molecule has 0 bridgehead atoms. The maximum atomic E-state index is 11.3. The molecule has 3 N–H and O–H groups in total. The molecular formula is C33H23N7O5S. The predicted molar refractivity (Wildman–Crippen MR) is 174 cm³/mol. The van der Waals surface area contributed by atoms with Gasteiger partial charge in [-0.2, -0.15) is 15.0 Å². The van der Waals surface area contributed by atoms with Crippen molar-refractivity contribution >= 4 is 67.4 Å². The Morgan fingerprint density at radius 1 is 0.717 bits per heavy atom. The summed E-state index contributed by atoms with van der Waals surface area (Å²) in [4.78, 5) is 1.81. The molecule has 0 radical (unpaired) electrons. The highest BCUT2D eigenvalue weighted by molar-refractivity contribution is 7.94. The third kappa shape index (κ3) is 5.74. The molecule has 46 heavy (non-hydrogen) atoms. The van der Waals surface area contributed by atoms with Crippen LogP contribution in [0.2, 0.25) is 0 Å². The van der Waals surface area contributed by atoms with E-state index in [1.54, 1.807) is 30.3 Å². The van der Waals surface area contributed by atoms with Crippen molar-refractivity contribution in [1.82, 2.24) is 15.0 Å². The topological polar surface area (TPSA) is 159 Å². The van der Waals surface area contributed by atoms with E-state index in [0.29, 0.717) is 39.9 Å². The Kier molecular flexibility index (Phi) is 7.78. The first kappa shape index (κ1) is 29.0. The Labute approximate surface area is 265 Å². The van der Waals surface area contributed by atoms with Gasteiger partial charge in [-0.25, -0.2) is 5.26 Å². The molecule has 226 valence electrons. The first-order valence-corrected chi connectivity index (χ1v) is 14.6. The largest absolute Gasteiger partial charge is 0.506 e. The summed E-state index contributed by atoms with van der Waals surface area (Å²) in [5, 5.41) is 63.6. The van der Waals surface area contributed by atoms with Gasteiger partial charge < -0.3 is 10.2 Å². The second-order valence-electron chi connectivity index (χ2n) is 10.3. The van der Waals surface area contributed by atoms with E-state index >= 15 is 0 Å². The number of aryl methyl sites for hydroxylation is 1. The fourth-order valence-electron chi connectivity index (χ4n) is 4.93. The van der Waals surface area contributed by atoms with E-state index in [0.717, 1.165) is 27.4 Å². The lowest BCUT2D eigenvalue weighted by molar-refractivity contribution is -0.432. The average Bonchev–Trinajstić information content (AvgIpc) is 3.52. The molecule has 12 nitrogen and oxygen atoms in total. The van der Waals surface area contributed by atoms with Gasteiger partial charge in [0.25, 0.3) is 0 Å². The number of aromatic nitrogens is 3. The summed E-state index contributed by atoms with van der Waals surface area (Å²) in [6.45, 7) is 1.98. The summed E-state index contributed by atoms with van der Waals surface area (Å²) in [5.41, 5.74) is 4.53. The Balaban J connectivity index is 1.21. The van der Waals surface area contributed by atoms with Crippen LogP contribution in [0.15, 0.2) is 128 Å². The number of nitrogens with zero attached hydrogens (tertiary/aromatic N) is 7. The summed E-state index contributed by atoms with van der Waals surface area (Å²) >= 11 is 0.616. The minimum atomic E-state index is -0.204. The number of aromatic hydroxyl groups is 2. The van der Waals surface area contributed by atoms with Gasteiger partial charge in [0.2, 0.25) is 0 Å². The van der Waals surface area contributed by atoms with Crippen molar-refractivity contribution in [1.29, 1.82) is 0 Å². The molecular weight excluding hydrogens is 606 g/mol. The van der Waals surface area contributed by atoms with Crippen LogP contribution in [0.4, 0.5) is 22.7 Å². The zero-order valence-electron chi connectivity index (χ0n) is 24.0. The van der Waals surface area contributed by atoms with Crippen molar-refractivity contribution in [2.24, 2.45) is 20.5 Å². The number of rotatable bonds is 8. The Morgan fingerprint density at radius 3 is 2.35 bits per heavy atom. The van der Waals surface area contributed by atoms with E-state index in [1.165, 1.54) is 16.9 Å². The molecule has 6 aromatic carbocycles. The Morgan fingerprint density at radius 2 is 1.52 bits per heavy atom. The molecule has 0 saturated heterocycles. The van der Waals surface area contributed by atoms with Crippen LogP contribution < -0.4 is 0 Å². The molecule has 0 amide bonds. The molecule has 1 aromatic heterocycles.